The Kier molecular flexibility index (Phi) is 3.22. The third-order valence-electron chi connectivity index (χ3n) is 2.37. The number of hydrogen-bond acceptors (Lipinski definition) is 2. The van der Waals surface area contributed by atoms with Gasteiger partial charge in [-0.25, -0.2) is 0 Å². The summed E-state index contributed by atoms with van der Waals surface area (Å²) < 4.78 is 1.01. The summed E-state index contributed by atoms with van der Waals surface area (Å²) in [4.78, 5) is 14.4. The Hall–Kier alpha value is -1.39. The van der Waals surface area contributed by atoms with Gasteiger partial charge in [-0.1, -0.05) is 34.1 Å². The third kappa shape index (κ3) is 2.23. The number of halogens is 1. The lowest BCUT2D eigenvalue weighted by Gasteiger charge is -2.03. The fourth-order valence-corrected chi connectivity index (χ4v) is 1.73. The van der Waals surface area contributed by atoms with Crippen LogP contribution in [0.25, 0.3) is 11.3 Å². The van der Waals surface area contributed by atoms with Gasteiger partial charge < -0.3 is 10.7 Å². The molecular weight excluding hydrogens is 268 g/mol. The highest BCUT2D eigenvalue weighted by atomic mass is 79.9. The first-order valence-corrected chi connectivity index (χ1v) is 5.68. The van der Waals surface area contributed by atoms with Gasteiger partial charge in [-0.15, -0.1) is 0 Å². The predicted molar refractivity (Wildman–Crippen MR) is 68.1 cm³/mol. The van der Waals surface area contributed by atoms with E-state index in [-0.39, 0.29) is 12.1 Å². The monoisotopic (exact) mass is 278 g/mol. The molecule has 0 unspecified atom stereocenters. The van der Waals surface area contributed by atoms with Crippen LogP contribution in [0.3, 0.4) is 0 Å². The summed E-state index contributed by atoms with van der Waals surface area (Å²) in [5, 5.41) is 0. The van der Waals surface area contributed by atoms with Crippen molar-refractivity contribution in [2.24, 2.45) is 5.73 Å². The summed E-state index contributed by atoms with van der Waals surface area (Å²) in [5.74, 6) is 0. The molecule has 3 N–H and O–H groups in total. The summed E-state index contributed by atoms with van der Waals surface area (Å²) in [5.41, 5.74) is 7.69. The summed E-state index contributed by atoms with van der Waals surface area (Å²) in [7, 11) is 0. The van der Waals surface area contributed by atoms with Crippen LogP contribution < -0.4 is 11.3 Å². The summed E-state index contributed by atoms with van der Waals surface area (Å²) in [6.45, 7) is 0.260. The number of rotatable bonds is 2. The van der Waals surface area contributed by atoms with Gasteiger partial charge in [-0.05, 0) is 23.8 Å². The Morgan fingerprint density at radius 3 is 2.38 bits per heavy atom. The Bertz CT molecular complexity index is 546. The van der Waals surface area contributed by atoms with Crippen molar-refractivity contribution in [2.45, 2.75) is 6.54 Å². The molecule has 82 valence electrons. The highest BCUT2D eigenvalue weighted by Gasteiger charge is 2.01. The molecule has 4 heteroatoms. The molecule has 0 saturated carbocycles. The highest BCUT2D eigenvalue weighted by Crippen LogP contribution is 2.18. The van der Waals surface area contributed by atoms with E-state index in [2.05, 4.69) is 20.9 Å². The highest BCUT2D eigenvalue weighted by molar-refractivity contribution is 9.10. The number of benzene rings is 1. The lowest BCUT2D eigenvalue weighted by molar-refractivity contribution is 1.02. The third-order valence-corrected chi connectivity index (χ3v) is 2.89. The van der Waals surface area contributed by atoms with Crippen molar-refractivity contribution in [2.75, 3.05) is 0 Å². The lowest BCUT2D eigenvalue weighted by Crippen LogP contribution is -2.15. The van der Waals surface area contributed by atoms with Gasteiger partial charge in [0.1, 0.15) is 0 Å². The Labute approximate surface area is 101 Å². The quantitative estimate of drug-likeness (QED) is 0.885. The van der Waals surface area contributed by atoms with Crippen LogP contribution in [0.5, 0.6) is 0 Å². The van der Waals surface area contributed by atoms with Crippen molar-refractivity contribution in [1.82, 2.24) is 4.98 Å². The number of pyridine rings is 1. The normalized spacial score (nSPS) is 10.4. The van der Waals surface area contributed by atoms with Crippen LogP contribution in [-0.4, -0.2) is 4.98 Å². The van der Waals surface area contributed by atoms with Crippen molar-refractivity contribution in [3.63, 3.8) is 0 Å². The standard InChI is InChI=1S/C12H11BrN2O/c13-10-4-1-8(2-5-10)11-6-3-9(7-14)12(16)15-11/h1-6H,7,14H2,(H,15,16). The van der Waals surface area contributed by atoms with E-state index >= 15 is 0 Å². The van der Waals surface area contributed by atoms with E-state index in [1.165, 1.54) is 0 Å². The van der Waals surface area contributed by atoms with Gasteiger partial charge in [0.05, 0.1) is 0 Å². The molecule has 2 rings (SSSR count). The molecule has 0 saturated heterocycles. The molecule has 0 atom stereocenters. The average molecular weight is 279 g/mol. The van der Waals surface area contributed by atoms with E-state index < -0.39 is 0 Å². The van der Waals surface area contributed by atoms with Gasteiger partial charge in [-0.2, -0.15) is 0 Å². The van der Waals surface area contributed by atoms with Gasteiger partial charge in [0, 0.05) is 22.3 Å². The molecule has 0 bridgehead atoms. The second kappa shape index (κ2) is 4.63. The van der Waals surface area contributed by atoms with Crippen LogP contribution in [0.1, 0.15) is 5.56 Å². The van der Waals surface area contributed by atoms with Gasteiger partial charge in [0.2, 0.25) is 0 Å². The van der Waals surface area contributed by atoms with Crippen molar-refractivity contribution >= 4 is 15.9 Å². The summed E-state index contributed by atoms with van der Waals surface area (Å²) >= 11 is 3.37. The van der Waals surface area contributed by atoms with E-state index in [4.69, 9.17) is 5.73 Å². The zero-order valence-corrected chi connectivity index (χ0v) is 10.1. The van der Waals surface area contributed by atoms with Crippen LogP contribution in [0.4, 0.5) is 0 Å². The van der Waals surface area contributed by atoms with Crippen molar-refractivity contribution in [3.8, 4) is 11.3 Å². The first-order valence-electron chi connectivity index (χ1n) is 4.89. The minimum absolute atomic E-state index is 0.122. The van der Waals surface area contributed by atoms with Crippen LogP contribution in [-0.2, 0) is 6.54 Å². The Morgan fingerprint density at radius 1 is 1.12 bits per heavy atom. The SMILES string of the molecule is NCc1ccc(-c2ccc(Br)cc2)[nH]c1=O. The van der Waals surface area contributed by atoms with E-state index in [0.29, 0.717) is 5.56 Å². The minimum Gasteiger partial charge on any atom is -0.326 e. The number of H-pyrrole nitrogens is 1. The molecule has 1 aromatic carbocycles. The van der Waals surface area contributed by atoms with E-state index in [9.17, 15) is 4.79 Å². The van der Waals surface area contributed by atoms with Gasteiger partial charge in [0.15, 0.2) is 0 Å². The van der Waals surface area contributed by atoms with Gasteiger partial charge >= 0.3 is 0 Å². The van der Waals surface area contributed by atoms with Gasteiger partial charge in [-0.3, -0.25) is 4.79 Å². The Morgan fingerprint density at radius 2 is 1.81 bits per heavy atom. The van der Waals surface area contributed by atoms with Crippen molar-refractivity contribution < 1.29 is 0 Å². The van der Waals surface area contributed by atoms with E-state index in [1.807, 2.05) is 30.3 Å². The van der Waals surface area contributed by atoms with Crippen LogP contribution >= 0.6 is 15.9 Å². The number of hydrogen-bond donors (Lipinski definition) is 2. The van der Waals surface area contributed by atoms with Crippen molar-refractivity contribution in [3.05, 3.63) is 56.8 Å². The topological polar surface area (TPSA) is 58.9 Å². The zero-order chi connectivity index (χ0) is 11.5. The summed E-state index contributed by atoms with van der Waals surface area (Å²) in [6.07, 6.45) is 0. The fourth-order valence-electron chi connectivity index (χ4n) is 1.46. The maximum absolute atomic E-state index is 11.6. The maximum Gasteiger partial charge on any atom is 0.252 e. The molecule has 0 amide bonds. The Balaban J connectivity index is 2.45. The zero-order valence-electron chi connectivity index (χ0n) is 8.53. The maximum atomic E-state index is 11.6. The molecule has 0 fully saturated rings. The molecule has 0 radical (unpaired) electrons. The minimum atomic E-state index is -0.122. The number of aromatic amines is 1. The number of aromatic nitrogens is 1. The van der Waals surface area contributed by atoms with E-state index in [1.54, 1.807) is 6.07 Å². The molecule has 0 aliphatic carbocycles. The molecule has 0 aliphatic heterocycles. The molecule has 0 aliphatic rings. The van der Waals surface area contributed by atoms with E-state index in [0.717, 1.165) is 15.7 Å². The molecule has 1 aromatic heterocycles. The number of nitrogens with one attached hydrogen (secondary N) is 1. The van der Waals surface area contributed by atoms with Crippen LogP contribution in [0.15, 0.2) is 45.7 Å². The molecule has 3 nitrogen and oxygen atoms in total. The fraction of sp³-hybridized carbons (Fsp3) is 0.0833. The molecular formula is C12H11BrN2O. The second-order valence-electron chi connectivity index (χ2n) is 3.44. The molecule has 0 spiro atoms. The second-order valence-corrected chi connectivity index (χ2v) is 4.35. The lowest BCUT2D eigenvalue weighted by atomic mass is 10.1. The van der Waals surface area contributed by atoms with Crippen LogP contribution in [0, 0.1) is 0 Å². The van der Waals surface area contributed by atoms with Crippen molar-refractivity contribution in [1.29, 1.82) is 0 Å². The number of nitrogens with two attached hydrogens (primary N) is 1. The van der Waals surface area contributed by atoms with Crippen LogP contribution in [0.2, 0.25) is 0 Å². The molecule has 16 heavy (non-hydrogen) atoms. The smallest absolute Gasteiger partial charge is 0.252 e. The largest absolute Gasteiger partial charge is 0.326 e. The first kappa shape index (κ1) is 11.1. The molecule has 2 aromatic rings. The summed E-state index contributed by atoms with van der Waals surface area (Å²) in [6, 6.07) is 11.4. The average Bonchev–Trinajstić information content (AvgIpc) is 2.30. The molecule has 1 heterocycles. The first-order chi connectivity index (χ1) is 7.70. The predicted octanol–water partition coefficient (Wildman–Crippen LogP) is 2.26. The van der Waals surface area contributed by atoms with Gasteiger partial charge in [0.25, 0.3) is 5.56 Å².